The van der Waals surface area contributed by atoms with E-state index in [-0.39, 0.29) is 24.9 Å². The summed E-state index contributed by atoms with van der Waals surface area (Å²) < 4.78 is 17.4. The Bertz CT molecular complexity index is 1660. The third-order valence-corrected chi connectivity index (χ3v) is 5.80. The first-order chi connectivity index (χ1) is 18.1. The zero-order chi connectivity index (χ0) is 25.4. The van der Waals surface area contributed by atoms with Gasteiger partial charge >= 0.3 is 5.97 Å². The predicted octanol–water partition coefficient (Wildman–Crippen LogP) is 3.94. The van der Waals surface area contributed by atoms with Crippen molar-refractivity contribution in [1.82, 2.24) is 24.8 Å². The number of fused-ring (bicyclic) bond motifs is 2. The monoisotopic (exact) mass is 496 g/mol. The molecule has 37 heavy (non-hydrogen) atoms. The van der Waals surface area contributed by atoms with E-state index in [1.807, 2.05) is 36.4 Å². The number of nitrogens with zero attached hydrogens (tertiary/aromatic N) is 4. The molecule has 0 saturated carbocycles. The zero-order valence-corrected chi connectivity index (χ0v) is 19.6. The average Bonchev–Trinajstić information content (AvgIpc) is 3.68. The van der Waals surface area contributed by atoms with Gasteiger partial charge in [0.2, 0.25) is 6.79 Å². The summed E-state index contributed by atoms with van der Waals surface area (Å²) in [7, 11) is 0. The van der Waals surface area contributed by atoms with Crippen molar-refractivity contribution in [2.45, 2.75) is 6.92 Å². The number of carbonyl (C=O) groups is 2. The minimum atomic E-state index is -0.483. The maximum atomic E-state index is 12.9. The first-order valence-corrected chi connectivity index (χ1v) is 11.5. The molecule has 0 bridgehead atoms. The number of hydrogen-bond donors (Lipinski definition) is 2. The van der Waals surface area contributed by atoms with Crippen LogP contribution >= 0.6 is 0 Å². The number of amides is 1. The molecule has 0 atom stereocenters. The molecular weight excluding hydrogens is 476 g/mol. The quantitative estimate of drug-likeness (QED) is 0.338. The van der Waals surface area contributed by atoms with Crippen molar-refractivity contribution in [3.8, 4) is 34.0 Å². The molecule has 3 aromatic heterocycles. The fourth-order valence-corrected chi connectivity index (χ4v) is 4.06. The van der Waals surface area contributed by atoms with Crippen molar-refractivity contribution < 1.29 is 23.8 Å². The number of carbonyl (C=O) groups excluding carboxylic acids is 2. The summed E-state index contributed by atoms with van der Waals surface area (Å²) in [5.41, 5.74) is 4.42. The molecule has 0 radical (unpaired) electrons. The molecule has 0 saturated heterocycles. The van der Waals surface area contributed by atoms with Crippen LogP contribution in [-0.2, 0) is 4.74 Å². The number of ether oxygens (including phenoxy) is 3. The van der Waals surface area contributed by atoms with Crippen LogP contribution in [0, 0.1) is 0 Å². The van der Waals surface area contributed by atoms with Crippen LogP contribution in [0.15, 0.2) is 67.0 Å². The van der Waals surface area contributed by atoms with Gasteiger partial charge in [-0.2, -0.15) is 10.2 Å². The van der Waals surface area contributed by atoms with E-state index in [2.05, 4.69) is 25.6 Å². The van der Waals surface area contributed by atoms with E-state index in [9.17, 15) is 9.59 Å². The van der Waals surface area contributed by atoms with Gasteiger partial charge in [-0.1, -0.05) is 12.1 Å². The Hall–Kier alpha value is -5.19. The van der Waals surface area contributed by atoms with Gasteiger partial charge in [0.1, 0.15) is 11.3 Å². The number of aromatic nitrogens is 5. The minimum Gasteiger partial charge on any atom is -0.462 e. The van der Waals surface area contributed by atoms with Crippen LogP contribution in [0.4, 0.5) is 5.69 Å². The van der Waals surface area contributed by atoms with Gasteiger partial charge in [-0.25, -0.2) is 14.3 Å². The van der Waals surface area contributed by atoms with E-state index in [0.717, 1.165) is 11.1 Å². The molecule has 2 aromatic carbocycles. The Morgan fingerprint density at radius 1 is 1.08 bits per heavy atom. The second-order valence-corrected chi connectivity index (χ2v) is 8.11. The highest BCUT2D eigenvalue weighted by atomic mass is 16.7. The topological polar surface area (TPSA) is 133 Å². The Labute approximate surface area is 210 Å². The van der Waals surface area contributed by atoms with Gasteiger partial charge in [0.05, 0.1) is 24.2 Å². The van der Waals surface area contributed by atoms with Crippen LogP contribution in [0.25, 0.3) is 28.2 Å². The summed E-state index contributed by atoms with van der Waals surface area (Å²) in [6.07, 6.45) is 3.04. The van der Waals surface area contributed by atoms with Crippen molar-refractivity contribution in [3.63, 3.8) is 0 Å². The fraction of sp³-hybridized carbons (Fsp3) is 0.115. The van der Waals surface area contributed by atoms with Crippen LogP contribution in [0.5, 0.6) is 11.5 Å². The molecule has 6 rings (SSSR count). The van der Waals surface area contributed by atoms with Gasteiger partial charge in [-0.05, 0) is 49.4 Å². The molecule has 0 aliphatic carbocycles. The van der Waals surface area contributed by atoms with Gasteiger partial charge in [0, 0.05) is 23.0 Å². The highest BCUT2D eigenvalue weighted by Crippen LogP contribution is 2.35. The first kappa shape index (κ1) is 22.3. The minimum absolute atomic E-state index is 0.185. The summed E-state index contributed by atoms with van der Waals surface area (Å²) in [6.45, 7) is 2.18. The van der Waals surface area contributed by atoms with Gasteiger partial charge in [0.25, 0.3) is 5.91 Å². The summed E-state index contributed by atoms with van der Waals surface area (Å²) in [5, 5.41) is 14.3. The van der Waals surface area contributed by atoms with E-state index < -0.39 is 5.97 Å². The molecule has 4 heterocycles. The lowest BCUT2D eigenvalue weighted by molar-refractivity contribution is 0.0528. The summed E-state index contributed by atoms with van der Waals surface area (Å²) >= 11 is 0. The Kier molecular flexibility index (Phi) is 5.49. The van der Waals surface area contributed by atoms with Gasteiger partial charge in [-0.3, -0.25) is 9.89 Å². The number of esters is 1. The van der Waals surface area contributed by atoms with Crippen LogP contribution in [0.2, 0.25) is 0 Å². The van der Waals surface area contributed by atoms with Crippen LogP contribution < -0.4 is 14.8 Å². The van der Waals surface area contributed by atoms with E-state index >= 15 is 0 Å². The van der Waals surface area contributed by atoms with E-state index in [4.69, 9.17) is 14.2 Å². The largest absolute Gasteiger partial charge is 0.462 e. The Balaban J connectivity index is 1.24. The lowest BCUT2D eigenvalue weighted by Gasteiger charge is -2.08. The first-order valence-electron chi connectivity index (χ1n) is 11.5. The number of hydrogen-bond acceptors (Lipinski definition) is 8. The van der Waals surface area contributed by atoms with Crippen LogP contribution in [0.1, 0.15) is 27.8 Å². The second kappa shape index (κ2) is 9.11. The van der Waals surface area contributed by atoms with Crippen molar-refractivity contribution in [1.29, 1.82) is 0 Å². The predicted molar refractivity (Wildman–Crippen MR) is 132 cm³/mol. The van der Waals surface area contributed by atoms with E-state index in [0.29, 0.717) is 39.9 Å². The SMILES string of the molecule is CCOC(=O)c1cnn2c(-c3cccc(NC(=O)c4cc(-c5ccc6c(c5)OCO6)n[nH]4)c3)ccnc12. The summed E-state index contributed by atoms with van der Waals surface area (Å²) in [4.78, 5) is 29.5. The van der Waals surface area contributed by atoms with Crippen molar-refractivity contribution >= 4 is 23.2 Å². The molecule has 0 unspecified atom stereocenters. The molecule has 184 valence electrons. The molecule has 5 aromatic rings. The lowest BCUT2D eigenvalue weighted by atomic mass is 10.1. The molecule has 1 aliphatic rings. The molecule has 11 nitrogen and oxygen atoms in total. The number of anilines is 1. The van der Waals surface area contributed by atoms with Crippen molar-refractivity contribution in [2.75, 3.05) is 18.7 Å². The molecule has 1 aliphatic heterocycles. The third kappa shape index (κ3) is 4.12. The second-order valence-electron chi connectivity index (χ2n) is 8.11. The van der Waals surface area contributed by atoms with Crippen molar-refractivity contribution in [2.24, 2.45) is 0 Å². The third-order valence-electron chi connectivity index (χ3n) is 5.80. The number of H-pyrrole nitrogens is 1. The average molecular weight is 496 g/mol. The normalized spacial score (nSPS) is 12.0. The number of benzene rings is 2. The van der Waals surface area contributed by atoms with Gasteiger partial charge in [-0.15, -0.1) is 0 Å². The van der Waals surface area contributed by atoms with E-state index in [1.165, 1.54) is 6.20 Å². The van der Waals surface area contributed by atoms with Gasteiger partial charge in [0.15, 0.2) is 17.1 Å². The smallest absolute Gasteiger partial charge is 0.343 e. The van der Waals surface area contributed by atoms with Gasteiger partial charge < -0.3 is 19.5 Å². The molecule has 11 heteroatoms. The number of aromatic amines is 1. The highest BCUT2D eigenvalue weighted by molar-refractivity contribution is 6.03. The molecule has 0 spiro atoms. The number of nitrogens with one attached hydrogen (secondary N) is 2. The highest BCUT2D eigenvalue weighted by Gasteiger charge is 2.19. The molecule has 0 fully saturated rings. The number of rotatable bonds is 6. The van der Waals surface area contributed by atoms with Crippen molar-refractivity contribution in [3.05, 3.63) is 78.2 Å². The Morgan fingerprint density at radius 2 is 1.97 bits per heavy atom. The lowest BCUT2D eigenvalue weighted by Crippen LogP contribution is -2.12. The Morgan fingerprint density at radius 3 is 2.86 bits per heavy atom. The standard InChI is InChI=1S/C26H20N6O5/c1-2-35-26(34)18-13-28-32-21(8-9-27-24(18)32)16-4-3-5-17(10-16)29-25(33)20-12-19(30-31-20)15-6-7-22-23(11-15)37-14-36-22/h3-13H,2,14H2,1H3,(H,29,33)(H,30,31). The van der Waals surface area contributed by atoms with Crippen LogP contribution in [0.3, 0.4) is 0 Å². The molecule has 2 N–H and O–H groups in total. The summed E-state index contributed by atoms with van der Waals surface area (Å²) in [6, 6.07) is 16.2. The van der Waals surface area contributed by atoms with Crippen LogP contribution in [-0.4, -0.2) is 50.1 Å². The zero-order valence-electron chi connectivity index (χ0n) is 19.6. The maximum Gasteiger partial charge on any atom is 0.343 e. The summed E-state index contributed by atoms with van der Waals surface area (Å²) in [5.74, 6) is 0.485. The van der Waals surface area contributed by atoms with E-state index in [1.54, 1.807) is 35.8 Å². The molecule has 1 amide bonds. The fourth-order valence-electron chi connectivity index (χ4n) is 4.06. The maximum absolute atomic E-state index is 12.9. The molecular formula is C26H20N6O5.